The molecule has 1 aliphatic rings. The largest absolute Gasteiger partial charge is 0.396 e. The van der Waals surface area contributed by atoms with Crippen LogP contribution in [0.3, 0.4) is 0 Å². The number of likely N-dealkylation sites (tertiary alicyclic amines) is 1. The topological polar surface area (TPSA) is 64.3 Å². The highest BCUT2D eigenvalue weighted by Gasteiger charge is 2.24. The SMILES string of the molecule is N#Cc1ccc(C(=O)CN2CCCCC2CCO)cc1. The van der Waals surface area contributed by atoms with E-state index in [0.29, 0.717) is 23.7 Å². The molecule has 0 aromatic heterocycles. The molecule has 1 aromatic rings. The van der Waals surface area contributed by atoms with Crippen LogP contribution in [0.1, 0.15) is 41.6 Å². The van der Waals surface area contributed by atoms with Crippen molar-refractivity contribution in [1.82, 2.24) is 4.90 Å². The van der Waals surface area contributed by atoms with Gasteiger partial charge in [0.05, 0.1) is 18.2 Å². The summed E-state index contributed by atoms with van der Waals surface area (Å²) in [6, 6.07) is 9.14. The van der Waals surface area contributed by atoms with E-state index in [1.165, 1.54) is 6.42 Å². The minimum Gasteiger partial charge on any atom is -0.396 e. The standard InChI is InChI=1S/C16H20N2O2/c17-11-13-4-6-14(7-5-13)16(20)12-18-9-2-1-3-15(18)8-10-19/h4-7,15,19H,1-3,8-10,12H2. The van der Waals surface area contributed by atoms with E-state index in [1.807, 2.05) is 6.07 Å². The van der Waals surface area contributed by atoms with Crippen LogP contribution in [0.25, 0.3) is 0 Å². The second-order valence-electron chi connectivity index (χ2n) is 5.24. The maximum atomic E-state index is 12.3. The molecule has 1 N–H and O–H groups in total. The van der Waals surface area contributed by atoms with Gasteiger partial charge < -0.3 is 5.11 Å². The molecular weight excluding hydrogens is 252 g/mol. The fourth-order valence-electron chi connectivity index (χ4n) is 2.75. The predicted molar refractivity (Wildman–Crippen MR) is 76.4 cm³/mol. The number of aliphatic hydroxyl groups is 1. The number of hydrogen-bond acceptors (Lipinski definition) is 4. The third-order valence-corrected chi connectivity index (χ3v) is 3.89. The first-order chi connectivity index (χ1) is 9.74. The van der Waals surface area contributed by atoms with E-state index in [2.05, 4.69) is 4.90 Å². The number of benzene rings is 1. The van der Waals surface area contributed by atoms with E-state index in [9.17, 15) is 4.79 Å². The minimum atomic E-state index is 0.0827. The molecule has 0 saturated carbocycles. The van der Waals surface area contributed by atoms with Crippen LogP contribution in [-0.4, -0.2) is 41.5 Å². The molecule has 1 atom stereocenters. The number of aliphatic hydroxyl groups excluding tert-OH is 1. The van der Waals surface area contributed by atoms with Gasteiger partial charge in [-0.3, -0.25) is 9.69 Å². The molecule has 106 valence electrons. The third kappa shape index (κ3) is 3.66. The van der Waals surface area contributed by atoms with Gasteiger partial charge in [-0.1, -0.05) is 18.6 Å². The van der Waals surface area contributed by atoms with Crippen molar-refractivity contribution in [2.24, 2.45) is 0 Å². The molecule has 4 nitrogen and oxygen atoms in total. The van der Waals surface area contributed by atoms with Crippen LogP contribution in [0.5, 0.6) is 0 Å². The summed E-state index contributed by atoms with van der Waals surface area (Å²) < 4.78 is 0. The van der Waals surface area contributed by atoms with Gasteiger partial charge in [-0.05, 0) is 37.9 Å². The molecule has 0 radical (unpaired) electrons. The van der Waals surface area contributed by atoms with Crippen LogP contribution in [-0.2, 0) is 0 Å². The first kappa shape index (κ1) is 14.7. The highest BCUT2D eigenvalue weighted by Crippen LogP contribution is 2.20. The number of carbonyl (C=O) groups is 1. The van der Waals surface area contributed by atoms with Crippen molar-refractivity contribution in [3.63, 3.8) is 0 Å². The predicted octanol–water partition coefficient (Wildman–Crippen LogP) is 1.98. The second-order valence-corrected chi connectivity index (χ2v) is 5.24. The number of Topliss-reactive ketones (excluding diaryl/α,β-unsaturated/α-hetero) is 1. The summed E-state index contributed by atoms with van der Waals surface area (Å²) in [4.78, 5) is 14.5. The Kier molecular flexibility index (Phi) is 5.28. The molecule has 1 aliphatic heterocycles. The Morgan fingerprint density at radius 1 is 1.35 bits per heavy atom. The Bertz CT molecular complexity index is 488. The van der Waals surface area contributed by atoms with Crippen LogP contribution in [0.15, 0.2) is 24.3 Å². The summed E-state index contributed by atoms with van der Waals surface area (Å²) in [6.45, 7) is 1.50. The molecule has 1 fully saturated rings. The van der Waals surface area contributed by atoms with Gasteiger partial charge in [0.1, 0.15) is 0 Å². The zero-order valence-electron chi connectivity index (χ0n) is 11.6. The van der Waals surface area contributed by atoms with Crippen molar-refractivity contribution >= 4 is 5.78 Å². The van der Waals surface area contributed by atoms with E-state index in [-0.39, 0.29) is 12.4 Å². The van der Waals surface area contributed by atoms with Crippen LogP contribution < -0.4 is 0 Å². The highest BCUT2D eigenvalue weighted by molar-refractivity contribution is 5.97. The molecule has 20 heavy (non-hydrogen) atoms. The van der Waals surface area contributed by atoms with Gasteiger partial charge in [0.2, 0.25) is 0 Å². The Balaban J connectivity index is 2.00. The lowest BCUT2D eigenvalue weighted by Crippen LogP contribution is -2.43. The molecule has 0 spiro atoms. The average Bonchev–Trinajstić information content (AvgIpc) is 2.49. The van der Waals surface area contributed by atoms with E-state index in [0.717, 1.165) is 25.8 Å². The highest BCUT2D eigenvalue weighted by atomic mass is 16.3. The van der Waals surface area contributed by atoms with Gasteiger partial charge in [0.25, 0.3) is 0 Å². The van der Waals surface area contributed by atoms with Gasteiger partial charge in [-0.2, -0.15) is 5.26 Å². The monoisotopic (exact) mass is 272 g/mol. The third-order valence-electron chi connectivity index (χ3n) is 3.89. The molecule has 2 rings (SSSR count). The number of rotatable bonds is 5. The number of carbonyl (C=O) groups excluding carboxylic acids is 1. The molecule has 1 saturated heterocycles. The molecule has 0 aliphatic carbocycles. The van der Waals surface area contributed by atoms with Gasteiger partial charge in [-0.25, -0.2) is 0 Å². The van der Waals surface area contributed by atoms with Gasteiger partial charge in [-0.15, -0.1) is 0 Å². The Hall–Kier alpha value is -1.70. The normalized spacial score (nSPS) is 19.5. The minimum absolute atomic E-state index is 0.0827. The van der Waals surface area contributed by atoms with E-state index >= 15 is 0 Å². The molecule has 1 heterocycles. The van der Waals surface area contributed by atoms with Gasteiger partial charge in [0.15, 0.2) is 5.78 Å². The Morgan fingerprint density at radius 3 is 2.75 bits per heavy atom. The first-order valence-corrected chi connectivity index (χ1v) is 7.13. The number of nitriles is 1. The van der Waals surface area contributed by atoms with Crippen molar-refractivity contribution in [1.29, 1.82) is 5.26 Å². The zero-order chi connectivity index (χ0) is 14.4. The Morgan fingerprint density at radius 2 is 2.10 bits per heavy atom. The summed E-state index contributed by atoms with van der Waals surface area (Å²) in [5, 5.41) is 17.9. The van der Waals surface area contributed by atoms with Crippen LogP contribution in [0.4, 0.5) is 0 Å². The quantitative estimate of drug-likeness (QED) is 0.832. The summed E-state index contributed by atoms with van der Waals surface area (Å²) in [5.74, 6) is 0.0827. The second kappa shape index (κ2) is 7.18. The van der Waals surface area contributed by atoms with Crippen LogP contribution >= 0.6 is 0 Å². The van der Waals surface area contributed by atoms with Crippen molar-refractivity contribution in [2.45, 2.75) is 31.7 Å². The summed E-state index contributed by atoms with van der Waals surface area (Å²) in [6.07, 6.45) is 4.08. The summed E-state index contributed by atoms with van der Waals surface area (Å²) in [7, 11) is 0. The van der Waals surface area contributed by atoms with Gasteiger partial charge >= 0.3 is 0 Å². The number of nitrogens with zero attached hydrogens (tertiary/aromatic N) is 2. The average molecular weight is 272 g/mol. The lowest BCUT2D eigenvalue weighted by Gasteiger charge is -2.34. The van der Waals surface area contributed by atoms with Crippen molar-refractivity contribution < 1.29 is 9.90 Å². The number of piperidine rings is 1. The summed E-state index contributed by atoms with van der Waals surface area (Å²) >= 11 is 0. The fraction of sp³-hybridized carbons (Fsp3) is 0.500. The van der Waals surface area contributed by atoms with Crippen molar-refractivity contribution in [3.8, 4) is 6.07 Å². The molecule has 1 unspecified atom stereocenters. The summed E-state index contributed by atoms with van der Waals surface area (Å²) in [5.41, 5.74) is 1.22. The maximum Gasteiger partial charge on any atom is 0.176 e. The van der Waals surface area contributed by atoms with Crippen molar-refractivity contribution in [3.05, 3.63) is 35.4 Å². The first-order valence-electron chi connectivity index (χ1n) is 7.13. The molecule has 0 amide bonds. The number of ketones is 1. The van der Waals surface area contributed by atoms with E-state index in [1.54, 1.807) is 24.3 Å². The molecule has 0 bridgehead atoms. The van der Waals surface area contributed by atoms with Crippen molar-refractivity contribution in [2.75, 3.05) is 19.7 Å². The Labute approximate surface area is 119 Å². The fourth-order valence-corrected chi connectivity index (χ4v) is 2.75. The van der Waals surface area contributed by atoms with Gasteiger partial charge in [0, 0.05) is 18.2 Å². The molecular formula is C16H20N2O2. The maximum absolute atomic E-state index is 12.3. The smallest absolute Gasteiger partial charge is 0.176 e. The van der Waals surface area contributed by atoms with E-state index in [4.69, 9.17) is 10.4 Å². The lowest BCUT2D eigenvalue weighted by molar-refractivity contribution is 0.0799. The van der Waals surface area contributed by atoms with Crippen LogP contribution in [0, 0.1) is 11.3 Å². The lowest BCUT2D eigenvalue weighted by atomic mass is 9.98. The van der Waals surface area contributed by atoms with E-state index < -0.39 is 0 Å². The number of hydrogen-bond donors (Lipinski definition) is 1. The molecule has 4 heteroatoms. The van der Waals surface area contributed by atoms with Crippen LogP contribution in [0.2, 0.25) is 0 Å². The molecule has 1 aromatic carbocycles. The zero-order valence-corrected chi connectivity index (χ0v) is 11.6.